The number of carbonyl (C=O) groups excluding carboxylic acids is 2. The van der Waals surface area contributed by atoms with Crippen molar-refractivity contribution in [1.82, 2.24) is 15.6 Å². The van der Waals surface area contributed by atoms with Crippen LogP contribution in [0.4, 0.5) is 5.69 Å². The summed E-state index contributed by atoms with van der Waals surface area (Å²) in [4.78, 5) is 29.3. The quantitative estimate of drug-likeness (QED) is 0.649. The summed E-state index contributed by atoms with van der Waals surface area (Å²) < 4.78 is 0. The molecule has 2 aromatic rings. The van der Waals surface area contributed by atoms with Crippen molar-refractivity contribution in [2.45, 2.75) is 32.2 Å². The van der Waals surface area contributed by atoms with Gasteiger partial charge in [-0.2, -0.15) is 0 Å². The molecule has 2 heterocycles. The lowest BCUT2D eigenvalue weighted by atomic mass is 9.67. The minimum atomic E-state index is -0.247. The molecule has 2 amide bonds. The van der Waals surface area contributed by atoms with Gasteiger partial charge in [0, 0.05) is 25.0 Å². The van der Waals surface area contributed by atoms with Crippen LogP contribution >= 0.6 is 24.8 Å². The standard InChI is InChI=1S/C22H26N4O2.2ClH/c27-20(19-9-2-4-11-24-19)26-18-8-5-6-16(12-18)13-25-21(28)22-10-3-1-7-17(22)14-23-15-22;;/h2,4-6,8-9,11-12,17,23H,1,3,7,10,13-15H2,(H,25,28)(H,26,27);2*1H/t17-,22+;;/m0../s1. The first kappa shape index (κ1) is 24.1. The van der Waals surface area contributed by atoms with Crippen LogP contribution in [0.5, 0.6) is 0 Å². The zero-order valence-corrected chi connectivity index (χ0v) is 18.4. The van der Waals surface area contributed by atoms with E-state index in [4.69, 9.17) is 0 Å². The largest absolute Gasteiger partial charge is 0.351 e. The molecule has 1 saturated carbocycles. The van der Waals surface area contributed by atoms with E-state index in [-0.39, 0.29) is 42.0 Å². The highest BCUT2D eigenvalue weighted by molar-refractivity contribution is 6.02. The van der Waals surface area contributed by atoms with Crippen LogP contribution in [0.2, 0.25) is 0 Å². The van der Waals surface area contributed by atoms with E-state index in [1.54, 1.807) is 24.4 Å². The Hall–Kier alpha value is -2.15. The SMILES string of the molecule is Cl.Cl.O=C(Nc1cccc(CNC(=O)[C@@]23CCCC[C@H]2CNC3)c1)c1ccccn1. The second kappa shape index (κ2) is 10.8. The molecular weight excluding hydrogens is 423 g/mol. The fraction of sp³-hybridized carbons (Fsp3) is 0.409. The number of hydrogen-bond acceptors (Lipinski definition) is 4. The third-order valence-electron chi connectivity index (χ3n) is 6.03. The lowest BCUT2D eigenvalue weighted by Gasteiger charge is -2.37. The molecule has 0 spiro atoms. The van der Waals surface area contributed by atoms with Crippen LogP contribution in [0.3, 0.4) is 0 Å². The highest BCUT2D eigenvalue weighted by Crippen LogP contribution is 2.43. The third-order valence-corrected chi connectivity index (χ3v) is 6.03. The van der Waals surface area contributed by atoms with Crippen LogP contribution in [0.15, 0.2) is 48.7 Å². The summed E-state index contributed by atoms with van der Waals surface area (Å²) in [7, 11) is 0. The van der Waals surface area contributed by atoms with Crippen molar-refractivity contribution in [2.24, 2.45) is 11.3 Å². The number of hydrogen-bond donors (Lipinski definition) is 3. The van der Waals surface area contributed by atoms with Crippen LogP contribution in [0, 0.1) is 11.3 Å². The smallest absolute Gasteiger partial charge is 0.274 e. The summed E-state index contributed by atoms with van der Waals surface area (Å²) in [6.07, 6.45) is 6.04. The molecule has 3 N–H and O–H groups in total. The third kappa shape index (κ3) is 5.12. The molecule has 1 aromatic carbocycles. The molecule has 0 bridgehead atoms. The Kier molecular flexibility index (Phi) is 8.65. The Morgan fingerprint density at radius 3 is 2.80 bits per heavy atom. The minimum absolute atomic E-state index is 0. The van der Waals surface area contributed by atoms with E-state index >= 15 is 0 Å². The van der Waals surface area contributed by atoms with E-state index in [2.05, 4.69) is 20.9 Å². The maximum atomic E-state index is 13.0. The summed E-state index contributed by atoms with van der Waals surface area (Å²) >= 11 is 0. The number of nitrogens with one attached hydrogen (secondary N) is 3. The molecule has 162 valence electrons. The van der Waals surface area contributed by atoms with Crippen molar-refractivity contribution in [3.05, 3.63) is 59.9 Å². The van der Waals surface area contributed by atoms with Gasteiger partial charge in [0.05, 0.1) is 5.41 Å². The number of fused-ring (bicyclic) bond motifs is 1. The molecule has 1 saturated heterocycles. The number of pyridine rings is 1. The van der Waals surface area contributed by atoms with Crippen molar-refractivity contribution >= 4 is 42.3 Å². The van der Waals surface area contributed by atoms with E-state index in [0.29, 0.717) is 23.8 Å². The van der Waals surface area contributed by atoms with Gasteiger partial charge in [0.15, 0.2) is 0 Å². The van der Waals surface area contributed by atoms with Crippen LogP contribution in [-0.4, -0.2) is 29.9 Å². The van der Waals surface area contributed by atoms with Gasteiger partial charge in [-0.3, -0.25) is 14.6 Å². The molecule has 1 aliphatic heterocycles. The number of nitrogens with zero attached hydrogens (tertiary/aromatic N) is 1. The van der Waals surface area contributed by atoms with Gasteiger partial charge < -0.3 is 16.0 Å². The first-order chi connectivity index (χ1) is 13.7. The number of rotatable bonds is 5. The predicted molar refractivity (Wildman–Crippen MR) is 122 cm³/mol. The summed E-state index contributed by atoms with van der Waals surface area (Å²) in [5.41, 5.74) is 1.78. The number of benzene rings is 1. The Balaban J connectivity index is 0.00000160. The van der Waals surface area contributed by atoms with Gasteiger partial charge in [0.2, 0.25) is 5.91 Å². The van der Waals surface area contributed by atoms with Crippen LogP contribution in [0.1, 0.15) is 41.7 Å². The van der Waals surface area contributed by atoms with Crippen LogP contribution in [0.25, 0.3) is 0 Å². The van der Waals surface area contributed by atoms with E-state index < -0.39 is 0 Å². The highest BCUT2D eigenvalue weighted by Gasteiger charge is 2.49. The van der Waals surface area contributed by atoms with Gasteiger partial charge in [-0.05, 0) is 55.1 Å². The van der Waals surface area contributed by atoms with Crippen molar-refractivity contribution in [1.29, 1.82) is 0 Å². The molecule has 6 nitrogen and oxygen atoms in total. The number of anilines is 1. The van der Waals surface area contributed by atoms with Gasteiger partial charge in [-0.15, -0.1) is 24.8 Å². The van der Waals surface area contributed by atoms with E-state index in [0.717, 1.165) is 37.9 Å². The average molecular weight is 451 g/mol. The molecule has 2 aliphatic rings. The fourth-order valence-electron chi connectivity index (χ4n) is 4.50. The van der Waals surface area contributed by atoms with Gasteiger partial charge in [0.1, 0.15) is 5.69 Å². The fourth-order valence-corrected chi connectivity index (χ4v) is 4.50. The lowest BCUT2D eigenvalue weighted by molar-refractivity contribution is -0.134. The molecule has 2 fully saturated rings. The molecule has 1 aliphatic carbocycles. The molecule has 0 unspecified atom stereocenters. The van der Waals surface area contributed by atoms with Gasteiger partial charge in [-0.25, -0.2) is 0 Å². The van der Waals surface area contributed by atoms with E-state index in [1.807, 2.05) is 24.3 Å². The minimum Gasteiger partial charge on any atom is -0.351 e. The van der Waals surface area contributed by atoms with E-state index in [1.165, 1.54) is 6.42 Å². The molecule has 1 aromatic heterocycles. The van der Waals surface area contributed by atoms with E-state index in [9.17, 15) is 9.59 Å². The highest BCUT2D eigenvalue weighted by atomic mass is 35.5. The maximum Gasteiger partial charge on any atom is 0.274 e. The molecule has 4 rings (SSSR count). The Labute approximate surface area is 189 Å². The molecule has 8 heteroatoms. The normalized spacial score (nSPS) is 22.1. The first-order valence-electron chi connectivity index (χ1n) is 9.98. The Morgan fingerprint density at radius 2 is 2.00 bits per heavy atom. The van der Waals surface area contributed by atoms with Gasteiger partial charge in [-0.1, -0.05) is 31.0 Å². The zero-order chi connectivity index (χ0) is 19.4. The molecule has 30 heavy (non-hydrogen) atoms. The van der Waals surface area contributed by atoms with Crippen LogP contribution < -0.4 is 16.0 Å². The van der Waals surface area contributed by atoms with Crippen molar-refractivity contribution < 1.29 is 9.59 Å². The number of aromatic nitrogens is 1. The number of amides is 2. The summed E-state index contributed by atoms with van der Waals surface area (Å²) in [6, 6.07) is 12.8. The van der Waals surface area contributed by atoms with Crippen molar-refractivity contribution in [3.8, 4) is 0 Å². The zero-order valence-electron chi connectivity index (χ0n) is 16.7. The van der Waals surface area contributed by atoms with Crippen molar-refractivity contribution in [2.75, 3.05) is 18.4 Å². The Morgan fingerprint density at radius 1 is 1.13 bits per heavy atom. The number of halogens is 2. The number of carbonyl (C=O) groups is 2. The summed E-state index contributed by atoms with van der Waals surface area (Å²) in [5.74, 6) is 0.359. The maximum absolute atomic E-state index is 13.0. The van der Waals surface area contributed by atoms with Gasteiger partial charge >= 0.3 is 0 Å². The topological polar surface area (TPSA) is 83.1 Å². The monoisotopic (exact) mass is 450 g/mol. The lowest BCUT2D eigenvalue weighted by Crippen LogP contribution is -2.47. The summed E-state index contributed by atoms with van der Waals surface area (Å²) in [5, 5.41) is 9.42. The van der Waals surface area contributed by atoms with Crippen molar-refractivity contribution in [3.63, 3.8) is 0 Å². The predicted octanol–water partition coefficient (Wildman–Crippen LogP) is 3.57. The average Bonchev–Trinajstić information content (AvgIpc) is 3.18. The second-order valence-corrected chi connectivity index (χ2v) is 7.78. The molecular formula is C22H28Cl2N4O2. The molecule has 2 atom stereocenters. The second-order valence-electron chi connectivity index (χ2n) is 7.78. The first-order valence-corrected chi connectivity index (χ1v) is 9.98. The summed E-state index contributed by atoms with van der Waals surface area (Å²) in [6.45, 7) is 2.19. The van der Waals surface area contributed by atoms with Crippen LogP contribution in [-0.2, 0) is 11.3 Å². The Bertz CT molecular complexity index is 865. The molecule has 0 radical (unpaired) electrons. The van der Waals surface area contributed by atoms with Gasteiger partial charge in [0.25, 0.3) is 5.91 Å².